The van der Waals surface area contributed by atoms with Crippen molar-refractivity contribution in [3.63, 3.8) is 0 Å². The average Bonchev–Trinajstić information content (AvgIpc) is 2.44. The molecule has 116 valence electrons. The van der Waals surface area contributed by atoms with Crippen molar-refractivity contribution in [3.8, 4) is 0 Å². The predicted molar refractivity (Wildman–Crippen MR) is 83.0 cm³/mol. The Morgan fingerprint density at radius 1 is 1.24 bits per heavy atom. The molecule has 1 atom stereocenters. The lowest BCUT2D eigenvalue weighted by atomic mass is 9.79. The molecule has 0 spiro atoms. The number of amides is 1. The number of carbonyl (C=O) groups is 2. The third kappa shape index (κ3) is 4.06. The lowest BCUT2D eigenvalue weighted by Gasteiger charge is -2.27. The maximum Gasteiger partial charge on any atom is 0.310 e. The summed E-state index contributed by atoms with van der Waals surface area (Å²) in [4.78, 5) is 23.7. The van der Waals surface area contributed by atoms with Gasteiger partial charge in [0.15, 0.2) is 0 Å². The van der Waals surface area contributed by atoms with Crippen LogP contribution in [0, 0.1) is 12.3 Å². The predicted octanol–water partition coefficient (Wildman–Crippen LogP) is 3.45. The number of carboxylic acids is 1. The van der Waals surface area contributed by atoms with Gasteiger partial charge in [0.1, 0.15) is 0 Å². The SMILES string of the molecule is CCC(CC)(CC(=O)N[C@H](C)c1ccccc1C)C(=O)O. The highest BCUT2D eigenvalue weighted by molar-refractivity contribution is 5.85. The van der Waals surface area contributed by atoms with Crippen LogP contribution in [0.25, 0.3) is 0 Å². The molecule has 4 heteroatoms. The number of hydrogen-bond donors (Lipinski definition) is 2. The number of carboxylic acid groups (broad SMARTS) is 1. The lowest BCUT2D eigenvalue weighted by Crippen LogP contribution is -2.37. The summed E-state index contributed by atoms with van der Waals surface area (Å²) in [5.74, 6) is -1.11. The van der Waals surface area contributed by atoms with Crippen LogP contribution in [0.1, 0.15) is 57.2 Å². The highest BCUT2D eigenvalue weighted by Crippen LogP contribution is 2.31. The van der Waals surface area contributed by atoms with Gasteiger partial charge in [-0.3, -0.25) is 9.59 Å². The summed E-state index contributed by atoms with van der Waals surface area (Å²) in [5, 5.41) is 12.3. The summed E-state index contributed by atoms with van der Waals surface area (Å²) in [7, 11) is 0. The van der Waals surface area contributed by atoms with Crippen molar-refractivity contribution in [1.82, 2.24) is 5.32 Å². The molecule has 0 fully saturated rings. The van der Waals surface area contributed by atoms with E-state index in [0.717, 1.165) is 11.1 Å². The summed E-state index contributed by atoms with van der Waals surface area (Å²) in [5.41, 5.74) is 1.20. The van der Waals surface area contributed by atoms with Gasteiger partial charge in [-0.15, -0.1) is 0 Å². The first kappa shape index (κ1) is 17.2. The van der Waals surface area contributed by atoms with Crippen LogP contribution >= 0.6 is 0 Å². The van der Waals surface area contributed by atoms with Gasteiger partial charge < -0.3 is 10.4 Å². The summed E-state index contributed by atoms with van der Waals surface area (Å²) < 4.78 is 0. The second kappa shape index (κ2) is 7.25. The van der Waals surface area contributed by atoms with E-state index in [1.165, 1.54) is 0 Å². The third-order valence-electron chi connectivity index (χ3n) is 4.34. The quantitative estimate of drug-likeness (QED) is 0.808. The molecule has 0 saturated carbocycles. The minimum atomic E-state index is -0.963. The van der Waals surface area contributed by atoms with E-state index in [-0.39, 0.29) is 18.4 Å². The van der Waals surface area contributed by atoms with Crippen LogP contribution in [0.4, 0.5) is 0 Å². The van der Waals surface area contributed by atoms with Crippen molar-refractivity contribution in [1.29, 1.82) is 0 Å². The van der Waals surface area contributed by atoms with Gasteiger partial charge in [-0.1, -0.05) is 38.1 Å². The molecule has 0 bridgehead atoms. The molecule has 0 unspecified atom stereocenters. The largest absolute Gasteiger partial charge is 0.481 e. The fourth-order valence-corrected chi connectivity index (χ4v) is 2.63. The van der Waals surface area contributed by atoms with Gasteiger partial charge in [-0.25, -0.2) is 0 Å². The number of nitrogens with one attached hydrogen (secondary N) is 1. The molecule has 0 aliphatic carbocycles. The molecule has 1 aromatic rings. The van der Waals surface area contributed by atoms with Crippen LogP contribution in [0.15, 0.2) is 24.3 Å². The third-order valence-corrected chi connectivity index (χ3v) is 4.34. The second-order valence-corrected chi connectivity index (χ2v) is 5.62. The van der Waals surface area contributed by atoms with E-state index >= 15 is 0 Å². The Balaban J connectivity index is 2.77. The monoisotopic (exact) mass is 291 g/mol. The van der Waals surface area contributed by atoms with Gasteiger partial charge in [0, 0.05) is 6.42 Å². The minimum absolute atomic E-state index is 0.0194. The van der Waals surface area contributed by atoms with Crippen molar-refractivity contribution < 1.29 is 14.7 Å². The first-order valence-electron chi connectivity index (χ1n) is 7.44. The van der Waals surface area contributed by atoms with E-state index in [9.17, 15) is 14.7 Å². The first-order chi connectivity index (χ1) is 9.86. The topological polar surface area (TPSA) is 66.4 Å². The number of aryl methyl sites for hydroxylation is 1. The zero-order valence-corrected chi connectivity index (χ0v) is 13.3. The summed E-state index contributed by atoms with van der Waals surface area (Å²) >= 11 is 0. The number of hydrogen-bond acceptors (Lipinski definition) is 2. The normalized spacial score (nSPS) is 12.8. The van der Waals surface area contributed by atoms with E-state index in [1.807, 2.05) is 52.0 Å². The molecule has 4 nitrogen and oxygen atoms in total. The smallest absolute Gasteiger partial charge is 0.310 e. The zero-order chi connectivity index (χ0) is 16.0. The number of benzene rings is 1. The van der Waals surface area contributed by atoms with Gasteiger partial charge >= 0.3 is 5.97 Å². The maximum absolute atomic E-state index is 12.2. The zero-order valence-electron chi connectivity index (χ0n) is 13.3. The fourth-order valence-electron chi connectivity index (χ4n) is 2.63. The molecule has 0 aliphatic rings. The van der Waals surface area contributed by atoms with Crippen molar-refractivity contribution >= 4 is 11.9 Å². The maximum atomic E-state index is 12.2. The molecule has 0 aliphatic heterocycles. The highest BCUT2D eigenvalue weighted by Gasteiger charge is 2.37. The summed E-state index contributed by atoms with van der Waals surface area (Å²) in [6.45, 7) is 7.55. The Bertz CT molecular complexity index is 507. The van der Waals surface area contributed by atoms with Crippen LogP contribution in [0.2, 0.25) is 0 Å². The van der Waals surface area contributed by atoms with Crippen LogP contribution in [-0.4, -0.2) is 17.0 Å². The van der Waals surface area contributed by atoms with E-state index in [1.54, 1.807) is 0 Å². The Labute approximate surface area is 126 Å². The summed E-state index contributed by atoms with van der Waals surface area (Å²) in [6.07, 6.45) is 0.918. The molecule has 1 rings (SSSR count). The van der Waals surface area contributed by atoms with Gasteiger partial charge in [-0.05, 0) is 37.8 Å². The van der Waals surface area contributed by atoms with Crippen LogP contribution < -0.4 is 5.32 Å². The van der Waals surface area contributed by atoms with Crippen molar-refractivity contribution in [2.24, 2.45) is 5.41 Å². The van der Waals surface area contributed by atoms with Gasteiger partial charge in [0.2, 0.25) is 5.91 Å². The molecular weight excluding hydrogens is 266 g/mol. The minimum Gasteiger partial charge on any atom is -0.481 e. The van der Waals surface area contributed by atoms with Gasteiger partial charge in [0.25, 0.3) is 0 Å². The van der Waals surface area contributed by atoms with Crippen LogP contribution in [0.3, 0.4) is 0 Å². The first-order valence-corrected chi connectivity index (χ1v) is 7.44. The number of carbonyl (C=O) groups excluding carboxylic acids is 1. The van der Waals surface area contributed by atoms with E-state index in [2.05, 4.69) is 5.32 Å². The number of aliphatic carboxylic acids is 1. The van der Waals surface area contributed by atoms with E-state index in [0.29, 0.717) is 12.8 Å². The Hall–Kier alpha value is -1.84. The molecule has 21 heavy (non-hydrogen) atoms. The standard InChI is InChI=1S/C17H25NO3/c1-5-17(6-2,16(20)21)11-15(19)18-13(4)14-10-8-7-9-12(14)3/h7-10,13H,5-6,11H2,1-4H3,(H,18,19)(H,20,21)/t13-/m1/s1. The fraction of sp³-hybridized carbons (Fsp3) is 0.529. The number of rotatable bonds is 7. The van der Waals surface area contributed by atoms with Gasteiger partial charge in [-0.2, -0.15) is 0 Å². The molecular formula is C17H25NO3. The molecule has 0 saturated heterocycles. The van der Waals surface area contributed by atoms with Crippen molar-refractivity contribution in [2.75, 3.05) is 0 Å². The molecule has 2 N–H and O–H groups in total. The second-order valence-electron chi connectivity index (χ2n) is 5.62. The molecule has 1 aromatic carbocycles. The van der Waals surface area contributed by atoms with Crippen LogP contribution in [0.5, 0.6) is 0 Å². The van der Waals surface area contributed by atoms with Crippen molar-refractivity contribution in [2.45, 2.75) is 53.0 Å². The van der Waals surface area contributed by atoms with Crippen LogP contribution in [-0.2, 0) is 9.59 Å². The highest BCUT2D eigenvalue weighted by atomic mass is 16.4. The van der Waals surface area contributed by atoms with Crippen molar-refractivity contribution in [3.05, 3.63) is 35.4 Å². The average molecular weight is 291 g/mol. The Morgan fingerprint density at radius 2 is 1.81 bits per heavy atom. The molecule has 0 heterocycles. The molecule has 0 aromatic heterocycles. The van der Waals surface area contributed by atoms with E-state index < -0.39 is 11.4 Å². The van der Waals surface area contributed by atoms with Gasteiger partial charge in [0.05, 0.1) is 11.5 Å². The Kier molecular flexibility index (Phi) is 5.94. The molecule has 0 radical (unpaired) electrons. The molecule has 1 amide bonds. The Morgan fingerprint density at radius 3 is 2.29 bits per heavy atom. The lowest BCUT2D eigenvalue weighted by molar-refractivity contribution is -0.152. The van der Waals surface area contributed by atoms with E-state index in [4.69, 9.17) is 0 Å². The summed E-state index contributed by atoms with van der Waals surface area (Å²) in [6, 6.07) is 7.74.